The molecular weight excluding hydrogens is 237 g/mol. The van der Waals surface area contributed by atoms with Gasteiger partial charge < -0.3 is 10.6 Å². The Hall–Kier alpha value is -1.10. The first-order chi connectivity index (χ1) is 8.67. The number of carbonyl (C=O) groups is 2. The van der Waals surface area contributed by atoms with E-state index < -0.39 is 0 Å². The van der Waals surface area contributed by atoms with E-state index in [1.54, 1.807) is 7.05 Å². The molecule has 0 saturated carbocycles. The van der Waals surface area contributed by atoms with Crippen LogP contribution in [0, 0.1) is 0 Å². The fraction of sp³-hybridized carbons (Fsp3) is 0.846. The van der Waals surface area contributed by atoms with Gasteiger partial charge in [-0.3, -0.25) is 14.5 Å². The van der Waals surface area contributed by atoms with Crippen LogP contribution in [0.1, 0.15) is 39.0 Å². The molecule has 2 N–H and O–H groups in total. The molecule has 0 aliphatic carbocycles. The minimum Gasteiger partial charge on any atom is -0.359 e. The smallest absolute Gasteiger partial charge is 0.234 e. The standard InChI is InChI=1S/C13H25N3O2/c1-3-5-11-6-4-9-16(11)10-13(18)15-8-7-12(17)14-2/h11H,3-10H2,1-2H3,(H,14,17)(H,15,18)/i1+1,2+1,10+1,12+1,13+1,14+1,15+1. The van der Waals surface area contributed by atoms with Gasteiger partial charge in [0.2, 0.25) is 11.8 Å². The molecule has 0 bridgehead atoms. The summed E-state index contributed by atoms with van der Waals surface area (Å²) in [6.07, 6.45) is 5.08. The third-order valence-electron chi connectivity index (χ3n) is 3.42. The summed E-state index contributed by atoms with van der Waals surface area (Å²) >= 11 is 0. The summed E-state index contributed by atoms with van der Waals surface area (Å²) in [6.45, 7) is 4.09. The van der Waals surface area contributed by atoms with Gasteiger partial charge in [0.25, 0.3) is 0 Å². The number of hydrogen-bond donors (Lipinski definition) is 2. The van der Waals surface area contributed by atoms with Crippen molar-refractivity contribution < 1.29 is 9.59 Å². The molecular formula is C13H25N3O2. The zero-order valence-corrected chi connectivity index (χ0v) is 11.5. The molecule has 0 aromatic rings. The topological polar surface area (TPSA) is 61.4 Å². The Morgan fingerprint density at radius 2 is 2.11 bits per heavy atom. The first kappa shape index (κ1) is 15.0. The number of hydrogen-bond acceptors (Lipinski definition) is 3. The van der Waals surface area contributed by atoms with E-state index in [-0.39, 0.29) is 11.8 Å². The summed E-state index contributed by atoms with van der Waals surface area (Å²) in [7, 11) is 1.60. The predicted octanol–water partition coefficient (Wildman–Crippen LogP) is 0.503. The second kappa shape index (κ2) is 8.08. The zero-order valence-electron chi connectivity index (χ0n) is 11.5. The molecule has 1 heterocycles. The number of rotatable bonds is 7. The first-order valence-electron chi connectivity index (χ1n) is 6.88. The second-order valence-corrected chi connectivity index (χ2v) is 4.83. The normalized spacial score (nSPS) is 19.8. The molecule has 0 spiro atoms. The van der Waals surface area contributed by atoms with E-state index >= 15 is 0 Å². The van der Waals surface area contributed by atoms with E-state index in [2.05, 4.69) is 22.5 Å². The summed E-state index contributed by atoms with van der Waals surface area (Å²) in [5, 5.41) is 5.33. The van der Waals surface area contributed by atoms with Crippen LogP contribution in [0.4, 0.5) is 0 Å². The highest BCUT2D eigenvalue weighted by atomic mass is 16.3. The van der Waals surface area contributed by atoms with Gasteiger partial charge >= 0.3 is 0 Å². The van der Waals surface area contributed by atoms with E-state index in [1.165, 1.54) is 25.7 Å². The Balaban J connectivity index is 2.20. The summed E-state index contributed by atoms with van der Waals surface area (Å²) in [6, 6.07) is 0.569. The van der Waals surface area contributed by atoms with Crippen LogP contribution >= 0.6 is 0 Å². The molecule has 1 rings (SSSR count). The fourth-order valence-corrected chi connectivity index (χ4v) is 2.44. The van der Waals surface area contributed by atoms with Crippen LogP contribution in [0.2, 0.25) is 0 Å². The number of nitrogens with zero attached hydrogens (tertiary/aromatic N) is 1. The van der Waals surface area contributed by atoms with Crippen molar-refractivity contribution in [3.8, 4) is 0 Å². The van der Waals surface area contributed by atoms with Crippen molar-refractivity contribution in [2.75, 3.05) is 26.7 Å². The third kappa shape index (κ3) is 5.04. The molecule has 1 unspecified atom stereocenters. The Bertz CT molecular complexity index is 281. The Morgan fingerprint density at radius 1 is 1.33 bits per heavy atom. The van der Waals surface area contributed by atoms with Crippen LogP contribution in [0.3, 0.4) is 0 Å². The van der Waals surface area contributed by atoms with Crippen LogP contribution in [0.15, 0.2) is 0 Å². The van der Waals surface area contributed by atoms with Gasteiger partial charge in [0.05, 0.1) is 6.54 Å². The maximum atomic E-state index is 11.7. The average molecular weight is 262 g/mol. The minimum atomic E-state index is -0.0414. The van der Waals surface area contributed by atoms with Crippen molar-refractivity contribution in [2.24, 2.45) is 0 Å². The SMILES string of the molecule is [13CH3]CCC1CCCN1[13CH2][13C](=O)[15NH]CC[13C](=O)[15NH][13CH3]. The molecule has 18 heavy (non-hydrogen) atoms. The lowest BCUT2D eigenvalue weighted by Gasteiger charge is -2.23. The van der Waals surface area contributed by atoms with Gasteiger partial charge in [0.15, 0.2) is 0 Å². The molecule has 2 amide bonds. The number of likely N-dealkylation sites (tertiary alicyclic amines) is 1. The molecule has 104 valence electrons. The molecule has 1 atom stereocenters. The lowest BCUT2D eigenvalue weighted by Crippen LogP contribution is -2.40. The van der Waals surface area contributed by atoms with Gasteiger partial charge in [-0.15, -0.1) is 0 Å². The minimum absolute atomic E-state index is 0.0295. The highest BCUT2D eigenvalue weighted by Crippen LogP contribution is 2.20. The van der Waals surface area contributed by atoms with Crippen molar-refractivity contribution in [3.63, 3.8) is 0 Å². The van der Waals surface area contributed by atoms with Crippen molar-refractivity contribution in [3.05, 3.63) is 0 Å². The van der Waals surface area contributed by atoms with Gasteiger partial charge in [-0.05, 0) is 25.8 Å². The van der Waals surface area contributed by atoms with Crippen LogP contribution in [0.25, 0.3) is 0 Å². The van der Waals surface area contributed by atoms with Gasteiger partial charge in [-0.1, -0.05) is 13.3 Å². The van der Waals surface area contributed by atoms with Crippen molar-refractivity contribution in [1.29, 1.82) is 0 Å². The summed E-state index contributed by atoms with van der Waals surface area (Å²) in [5.41, 5.74) is 0. The third-order valence-corrected chi connectivity index (χ3v) is 3.42. The monoisotopic (exact) mass is 262 g/mol. The van der Waals surface area contributed by atoms with Gasteiger partial charge in [0, 0.05) is 26.1 Å². The lowest BCUT2D eigenvalue weighted by atomic mass is 10.1. The van der Waals surface area contributed by atoms with Crippen molar-refractivity contribution >= 4 is 11.8 Å². The number of nitrogens with one attached hydrogen (secondary N) is 2. The molecule has 0 aromatic heterocycles. The van der Waals surface area contributed by atoms with Crippen LogP contribution in [-0.4, -0.2) is 49.4 Å². The lowest BCUT2D eigenvalue weighted by molar-refractivity contribution is -0.123. The fourth-order valence-electron chi connectivity index (χ4n) is 2.44. The predicted molar refractivity (Wildman–Crippen MR) is 71.2 cm³/mol. The molecule has 1 aliphatic rings. The van der Waals surface area contributed by atoms with Crippen molar-refractivity contribution in [1.82, 2.24) is 15.5 Å². The maximum Gasteiger partial charge on any atom is 0.234 e. The Kier molecular flexibility index (Phi) is 6.72. The molecule has 5 heteroatoms. The molecule has 1 saturated heterocycles. The quantitative estimate of drug-likeness (QED) is 0.519. The molecule has 5 nitrogen and oxygen atoms in total. The van der Waals surface area contributed by atoms with Gasteiger partial charge in [-0.25, -0.2) is 0 Å². The van der Waals surface area contributed by atoms with Gasteiger partial charge in [-0.2, -0.15) is 0 Å². The van der Waals surface area contributed by atoms with E-state index in [0.29, 0.717) is 25.6 Å². The average Bonchev–Trinajstić information content (AvgIpc) is 2.77. The Labute approximate surface area is 109 Å². The summed E-state index contributed by atoms with van der Waals surface area (Å²) < 4.78 is 0. The van der Waals surface area contributed by atoms with E-state index in [4.69, 9.17) is 0 Å². The van der Waals surface area contributed by atoms with E-state index in [1.807, 2.05) is 0 Å². The zero-order chi connectivity index (χ0) is 13.4. The summed E-state index contributed by atoms with van der Waals surface area (Å²) in [4.78, 5) is 25.0. The van der Waals surface area contributed by atoms with Crippen LogP contribution in [0.5, 0.6) is 0 Å². The molecule has 0 radical (unpaired) electrons. The maximum absolute atomic E-state index is 11.7. The highest BCUT2D eigenvalue weighted by molar-refractivity contribution is 5.80. The molecule has 0 aromatic carbocycles. The van der Waals surface area contributed by atoms with Crippen LogP contribution in [-0.2, 0) is 9.59 Å². The number of carbonyl (C=O) groups excluding carboxylic acids is 2. The Morgan fingerprint density at radius 3 is 2.78 bits per heavy atom. The second-order valence-electron chi connectivity index (χ2n) is 4.83. The first-order valence-corrected chi connectivity index (χ1v) is 6.88. The van der Waals surface area contributed by atoms with E-state index in [9.17, 15) is 9.59 Å². The molecule has 1 fully saturated rings. The number of amides is 2. The van der Waals surface area contributed by atoms with E-state index in [0.717, 1.165) is 6.54 Å². The molecule has 1 aliphatic heterocycles. The van der Waals surface area contributed by atoms with Crippen LogP contribution < -0.4 is 10.6 Å². The van der Waals surface area contributed by atoms with Gasteiger partial charge in [0.1, 0.15) is 0 Å². The largest absolute Gasteiger partial charge is 0.359 e. The van der Waals surface area contributed by atoms with Crippen molar-refractivity contribution in [2.45, 2.75) is 45.1 Å². The highest BCUT2D eigenvalue weighted by Gasteiger charge is 2.25. The summed E-state index contributed by atoms with van der Waals surface area (Å²) in [5.74, 6) is -0.0118.